The minimum atomic E-state index is -1.16. The minimum absolute atomic E-state index is 0.0138. The number of non-ortho nitro benzene ring substituents is 1. The molecule has 0 unspecified atom stereocenters. The number of nitro groups is 1. The molecule has 1 saturated carbocycles. The van der Waals surface area contributed by atoms with E-state index in [1.54, 1.807) is 12.3 Å². The normalized spacial score (nSPS) is 24.1. The van der Waals surface area contributed by atoms with Crippen molar-refractivity contribution in [1.29, 1.82) is 0 Å². The van der Waals surface area contributed by atoms with E-state index in [2.05, 4.69) is 4.99 Å². The molecule has 0 saturated heterocycles. The van der Waals surface area contributed by atoms with Gasteiger partial charge in [0.05, 0.1) is 23.6 Å². The summed E-state index contributed by atoms with van der Waals surface area (Å²) >= 11 is 0. The zero-order chi connectivity index (χ0) is 27.8. The van der Waals surface area contributed by atoms with Crippen molar-refractivity contribution >= 4 is 29.8 Å². The summed E-state index contributed by atoms with van der Waals surface area (Å²) in [6, 6.07) is 6.00. The van der Waals surface area contributed by atoms with Crippen LogP contribution in [0.1, 0.15) is 47.7 Å². The van der Waals surface area contributed by atoms with Gasteiger partial charge in [0.1, 0.15) is 6.10 Å². The molecule has 0 amide bonds. The third-order valence-electron chi connectivity index (χ3n) is 6.77. The van der Waals surface area contributed by atoms with Crippen molar-refractivity contribution in [2.24, 2.45) is 4.99 Å². The van der Waals surface area contributed by atoms with Crippen molar-refractivity contribution in [1.82, 2.24) is 0 Å². The lowest BCUT2D eigenvalue weighted by atomic mass is 9.72. The number of ether oxygens (including phenoxy) is 6. The summed E-state index contributed by atoms with van der Waals surface area (Å²) in [6.07, 6.45) is -1.57. The lowest BCUT2D eigenvalue weighted by Gasteiger charge is -2.45. The van der Waals surface area contributed by atoms with Gasteiger partial charge in [-0.25, -0.2) is 4.79 Å². The highest BCUT2D eigenvalue weighted by Crippen LogP contribution is 2.51. The van der Waals surface area contributed by atoms with Crippen LogP contribution in [0.4, 0.5) is 5.69 Å². The number of nitrogens with zero attached hydrogens (tertiary/aromatic N) is 2. The molecular weight excluding hydrogens is 516 g/mol. The first-order valence-electron chi connectivity index (χ1n) is 12.0. The first-order chi connectivity index (χ1) is 18.7. The molecule has 13 heteroatoms. The van der Waals surface area contributed by atoms with Gasteiger partial charge < -0.3 is 28.4 Å². The number of aliphatic imine (C=N–C) groups is 1. The van der Waals surface area contributed by atoms with Crippen molar-refractivity contribution in [2.45, 2.75) is 50.5 Å². The molecule has 204 valence electrons. The third-order valence-corrected chi connectivity index (χ3v) is 6.77. The quantitative estimate of drug-likeness (QED) is 0.229. The second-order valence-electron chi connectivity index (χ2n) is 9.15. The number of nitro benzene ring substituents is 1. The second kappa shape index (κ2) is 10.2. The lowest BCUT2D eigenvalue weighted by molar-refractivity contribution is -0.384. The first kappa shape index (κ1) is 25.9. The number of rotatable bonds is 6. The molecule has 2 aromatic rings. The minimum Gasteiger partial charge on any atom is -0.492 e. The molecule has 0 spiro atoms. The highest BCUT2D eigenvalue weighted by molar-refractivity contribution is 5.91. The van der Waals surface area contributed by atoms with Gasteiger partial charge in [-0.1, -0.05) is 0 Å². The van der Waals surface area contributed by atoms with E-state index in [9.17, 15) is 24.5 Å². The maximum Gasteiger partial charge on any atom is 0.338 e. The molecule has 3 aliphatic rings. The number of fused-ring (bicyclic) bond motifs is 4. The molecule has 2 aliphatic heterocycles. The smallest absolute Gasteiger partial charge is 0.338 e. The Hall–Kier alpha value is -4.68. The Labute approximate surface area is 221 Å². The fourth-order valence-electron chi connectivity index (χ4n) is 5.21. The molecule has 2 aromatic carbocycles. The average molecular weight is 540 g/mol. The Morgan fingerprint density at radius 1 is 1.03 bits per heavy atom. The lowest BCUT2D eigenvalue weighted by Crippen LogP contribution is -2.57. The largest absolute Gasteiger partial charge is 0.492 e. The molecule has 0 bridgehead atoms. The molecule has 0 aromatic heterocycles. The maximum absolute atomic E-state index is 13.1. The van der Waals surface area contributed by atoms with Gasteiger partial charge in [-0.15, -0.1) is 0 Å². The van der Waals surface area contributed by atoms with Gasteiger partial charge in [0.25, 0.3) is 5.69 Å². The molecule has 2 heterocycles. The highest BCUT2D eigenvalue weighted by atomic mass is 16.7. The molecular formula is C26H24N2O11. The number of esters is 3. The fraction of sp³-hybridized carbons (Fsp3) is 0.385. The van der Waals surface area contributed by atoms with Gasteiger partial charge >= 0.3 is 17.9 Å². The predicted molar refractivity (Wildman–Crippen MR) is 131 cm³/mol. The first-order valence-corrected chi connectivity index (χ1v) is 12.0. The number of benzene rings is 2. The van der Waals surface area contributed by atoms with Crippen LogP contribution in [0.3, 0.4) is 0 Å². The zero-order valence-corrected chi connectivity index (χ0v) is 21.2. The molecule has 13 nitrogen and oxygen atoms in total. The van der Waals surface area contributed by atoms with Crippen LogP contribution in [0.5, 0.6) is 17.2 Å². The fourth-order valence-corrected chi connectivity index (χ4v) is 5.21. The van der Waals surface area contributed by atoms with E-state index in [4.69, 9.17) is 28.4 Å². The number of hydrogen-bond acceptors (Lipinski definition) is 12. The van der Waals surface area contributed by atoms with Crippen LogP contribution in [-0.2, 0) is 23.8 Å². The third kappa shape index (κ3) is 4.82. The van der Waals surface area contributed by atoms with Crippen LogP contribution in [-0.4, -0.2) is 67.3 Å². The Morgan fingerprint density at radius 3 is 2.36 bits per heavy atom. The Balaban J connectivity index is 1.54. The summed E-state index contributed by atoms with van der Waals surface area (Å²) in [6.45, 7) is 2.42. The Kier molecular flexibility index (Phi) is 6.81. The summed E-state index contributed by atoms with van der Waals surface area (Å²) in [4.78, 5) is 52.3. The summed E-state index contributed by atoms with van der Waals surface area (Å²) in [5.74, 6) is -1.24. The molecule has 1 aliphatic carbocycles. The van der Waals surface area contributed by atoms with E-state index in [1.165, 1.54) is 45.2 Å². The number of carbonyl (C=O) groups is 3. The van der Waals surface area contributed by atoms with Gasteiger partial charge in [-0.2, -0.15) is 0 Å². The Bertz CT molecular complexity index is 1370. The van der Waals surface area contributed by atoms with Crippen molar-refractivity contribution in [3.05, 3.63) is 57.1 Å². The Morgan fingerprint density at radius 2 is 1.72 bits per heavy atom. The SMILES string of the molecule is COc1c2c(cc3c1OCO3)[C@H]1C[C@H](OC(=O)c3ccc([N+](=O)[O-])cc3)[C@@H](OC(C)=O)[C@@H](OC(C)=O)[C@@H]1N=C2. The standard InChI is InChI=1S/C26H24N2O11/c1-12(29)37-24-20(39-26(31)14-4-6-15(7-5-14)28(32)33)9-17-16-8-19-23(36-11-35-19)22(34-3)18(16)10-27-21(17)25(24)38-13(2)30/h4-8,10,17,20-21,24-25H,9,11H2,1-3H3/t17-,20+,21-,24-,25+/m1/s1. The van der Waals surface area contributed by atoms with E-state index < -0.39 is 53.1 Å². The predicted octanol–water partition coefficient (Wildman–Crippen LogP) is 2.71. The summed E-state index contributed by atoms with van der Waals surface area (Å²) < 4.78 is 33.7. The van der Waals surface area contributed by atoms with Crippen LogP contribution >= 0.6 is 0 Å². The average Bonchev–Trinajstić information content (AvgIpc) is 3.37. The number of hydrogen-bond donors (Lipinski definition) is 0. The highest BCUT2D eigenvalue weighted by Gasteiger charge is 2.52. The van der Waals surface area contributed by atoms with Crippen molar-refractivity contribution in [3.8, 4) is 17.2 Å². The summed E-state index contributed by atoms with van der Waals surface area (Å²) in [5.41, 5.74) is 1.24. The van der Waals surface area contributed by atoms with Crippen LogP contribution in [0.25, 0.3) is 0 Å². The van der Waals surface area contributed by atoms with Crippen molar-refractivity contribution in [3.63, 3.8) is 0 Å². The van der Waals surface area contributed by atoms with Crippen molar-refractivity contribution < 1.29 is 47.7 Å². The van der Waals surface area contributed by atoms with Gasteiger partial charge in [-0.05, 0) is 30.2 Å². The maximum atomic E-state index is 13.1. The van der Waals surface area contributed by atoms with E-state index in [-0.39, 0.29) is 24.5 Å². The molecule has 39 heavy (non-hydrogen) atoms. The molecule has 1 fully saturated rings. The molecule has 0 N–H and O–H groups in total. The number of methoxy groups -OCH3 is 1. The molecule has 0 radical (unpaired) electrons. The number of carbonyl (C=O) groups excluding carboxylic acids is 3. The monoisotopic (exact) mass is 540 g/mol. The topological polar surface area (TPSA) is 162 Å². The van der Waals surface area contributed by atoms with E-state index in [0.717, 1.165) is 5.56 Å². The van der Waals surface area contributed by atoms with Crippen LogP contribution in [0.15, 0.2) is 35.3 Å². The van der Waals surface area contributed by atoms with Gasteiger partial charge in [0.2, 0.25) is 12.5 Å². The van der Waals surface area contributed by atoms with Gasteiger partial charge in [0.15, 0.2) is 23.7 Å². The van der Waals surface area contributed by atoms with E-state index >= 15 is 0 Å². The van der Waals surface area contributed by atoms with Crippen LogP contribution in [0, 0.1) is 10.1 Å². The molecule has 5 atom stereocenters. The molecule has 5 rings (SSSR count). The zero-order valence-electron chi connectivity index (χ0n) is 21.2. The van der Waals surface area contributed by atoms with Gasteiger partial charge in [0, 0.05) is 43.7 Å². The van der Waals surface area contributed by atoms with E-state index in [0.29, 0.717) is 22.8 Å². The summed E-state index contributed by atoms with van der Waals surface area (Å²) in [5, 5.41) is 11.0. The van der Waals surface area contributed by atoms with Crippen LogP contribution < -0.4 is 14.2 Å². The summed E-state index contributed by atoms with van der Waals surface area (Å²) in [7, 11) is 1.49. The van der Waals surface area contributed by atoms with Crippen LogP contribution in [0.2, 0.25) is 0 Å². The second-order valence-corrected chi connectivity index (χ2v) is 9.15. The van der Waals surface area contributed by atoms with E-state index in [1.807, 2.05) is 0 Å². The van der Waals surface area contributed by atoms with Crippen molar-refractivity contribution in [2.75, 3.05) is 13.9 Å². The van der Waals surface area contributed by atoms with Gasteiger partial charge in [-0.3, -0.25) is 24.7 Å².